The van der Waals surface area contributed by atoms with E-state index in [2.05, 4.69) is 62.3 Å². The van der Waals surface area contributed by atoms with Crippen LogP contribution in [0.2, 0.25) is 0 Å². The second-order valence-electron chi connectivity index (χ2n) is 10.0. The van der Waals surface area contributed by atoms with Crippen molar-refractivity contribution < 1.29 is 9.30 Å². The summed E-state index contributed by atoms with van der Waals surface area (Å²) >= 11 is 1.65. The lowest BCUT2D eigenvalue weighted by molar-refractivity contribution is 0.478. The molecule has 38 heavy (non-hydrogen) atoms. The van der Waals surface area contributed by atoms with Crippen LogP contribution in [0.25, 0.3) is 9.81 Å². The fourth-order valence-corrected chi connectivity index (χ4v) is 8.06. The zero-order valence-corrected chi connectivity index (χ0v) is 23.6. The molecule has 0 amide bonds. The van der Waals surface area contributed by atoms with Crippen LogP contribution in [-0.4, -0.2) is 0 Å². The van der Waals surface area contributed by atoms with Crippen LogP contribution in [0.4, 0.5) is 5.69 Å². The van der Waals surface area contributed by atoms with Crippen molar-refractivity contribution in [1.82, 2.24) is 0 Å². The van der Waals surface area contributed by atoms with Gasteiger partial charge < -0.3 is 9.82 Å². The van der Waals surface area contributed by atoms with Crippen LogP contribution in [0.15, 0.2) is 121 Å². The van der Waals surface area contributed by atoms with Gasteiger partial charge in [0.15, 0.2) is 0 Å². The molecule has 0 unspecified atom stereocenters. The predicted octanol–water partition coefficient (Wildman–Crippen LogP) is 10.6. The van der Waals surface area contributed by atoms with E-state index < -0.39 is 7.29 Å². The Balaban J connectivity index is 1.36. The average Bonchev–Trinajstić information content (AvgIpc) is 2.95. The van der Waals surface area contributed by atoms with Crippen molar-refractivity contribution in [3.63, 3.8) is 0 Å². The molecular formula is C33H32NO2PS. The molecule has 192 valence electrons. The minimum Gasteiger partial charge on any atom is -0.457 e. The number of nitrogens with one attached hydrogen (secondary N) is 1. The highest BCUT2D eigenvalue weighted by Gasteiger charge is 2.26. The quantitative estimate of drug-likeness (QED) is 0.227. The van der Waals surface area contributed by atoms with E-state index in [9.17, 15) is 4.57 Å². The summed E-state index contributed by atoms with van der Waals surface area (Å²) in [6.45, 7) is 6.71. The molecule has 4 aromatic rings. The number of benzene rings is 4. The van der Waals surface area contributed by atoms with Gasteiger partial charge in [-0.15, -0.1) is 0 Å². The summed E-state index contributed by atoms with van der Waals surface area (Å²) in [7, 11) is -3.02. The molecule has 0 atom stereocenters. The molecule has 0 aliphatic carbocycles. The number of ether oxygens (including phenoxy) is 1. The first-order valence-corrected chi connectivity index (χ1v) is 15.5. The summed E-state index contributed by atoms with van der Waals surface area (Å²) in [4.78, 5) is 1.97. The van der Waals surface area contributed by atoms with Crippen molar-refractivity contribution in [1.29, 1.82) is 0 Å². The van der Waals surface area contributed by atoms with Crippen molar-refractivity contribution in [2.75, 3.05) is 5.09 Å². The minimum atomic E-state index is -3.02. The van der Waals surface area contributed by atoms with Gasteiger partial charge in [0, 0.05) is 27.1 Å². The van der Waals surface area contributed by atoms with E-state index in [0.29, 0.717) is 0 Å². The number of thioether (sulfide) groups is 1. The van der Waals surface area contributed by atoms with E-state index in [1.165, 1.54) is 5.56 Å². The molecule has 0 aromatic heterocycles. The molecule has 0 spiro atoms. The first-order chi connectivity index (χ1) is 18.3. The lowest BCUT2D eigenvalue weighted by Crippen LogP contribution is -2.14. The molecule has 3 nitrogen and oxygen atoms in total. The molecule has 5 rings (SSSR count). The van der Waals surface area contributed by atoms with E-state index in [1.54, 1.807) is 11.8 Å². The third kappa shape index (κ3) is 6.15. The SMILES string of the molecule is CCC(C)(C)c1ccc(Oc2ccc(NP3(=O)C=C(c4ccccc4)SC(c4ccccc4)=C3)cc2)cc1. The smallest absolute Gasteiger partial charge is 0.215 e. The first-order valence-electron chi connectivity index (χ1n) is 12.8. The van der Waals surface area contributed by atoms with E-state index in [1.807, 2.05) is 84.4 Å². The molecule has 0 fully saturated rings. The Labute approximate surface area is 230 Å². The summed E-state index contributed by atoms with van der Waals surface area (Å²) in [5.41, 5.74) is 4.33. The van der Waals surface area contributed by atoms with Crippen molar-refractivity contribution >= 4 is 34.6 Å². The highest BCUT2D eigenvalue weighted by atomic mass is 32.2. The number of hydrogen-bond acceptors (Lipinski definition) is 3. The Morgan fingerprint density at radius 3 is 1.66 bits per heavy atom. The highest BCUT2D eigenvalue weighted by molar-refractivity contribution is 8.17. The molecule has 1 aliphatic rings. The van der Waals surface area contributed by atoms with Gasteiger partial charge in [-0.1, -0.05) is 105 Å². The van der Waals surface area contributed by atoms with Gasteiger partial charge in [-0.3, -0.25) is 4.57 Å². The lowest BCUT2D eigenvalue weighted by atomic mass is 9.82. The van der Waals surface area contributed by atoms with Crippen LogP contribution in [-0.2, 0) is 9.98 Å². The van der Waals surface area contributed by atoms with Crippen LogP contribution in [0, 0.1) is 0 Å². The normalized spacial score (nSPS) is 14.8. The zero-order valence-electron chi connectivity index (χ0n) is 21.9. The Morgan fingerprint density at radius 2 is 1.18 bits per heavy atom. The highest BCUT2D eigenvalue weighted by Crippen LogP contribution is 2.60. The molecular weight excluding hydrogens is 505 g/mol. The monoisotopic (exact) mass is 537 g/mol. The molecule has 4 aromatic carbocycles. The molecule has 1 aliphatic heterocycles. The lowest BCUT2D eigenvalue weighted by Gasteiger charge is -2.23. The maximum Gasteiger partial charge on any atom is 0.215 e. The largest absolute Gasteiger partial charge is 0.457 e. The van der Waals surface area contributed by atoms with Crippen molar-refractivity contribution in [2.45, 2.75) is 32.6 Å². The van der Waals surface area contributed by atoms with Crippen LogP contribution >= 0.6 is 19.1 Å². The molecule has 1 heterocycles. The molecule has 0 saturated carbocycles. The summed E-state index contributed by atoms with van der Waals surface area (Å²) in [5, 5.41) is 3.31. The average molecular weight is 538 g/mol. The first kappa shape index (κ1) is 26.2. The van der Waals surface area contributed by atoms with E-state index >= 15 is 0 Å². The third-order valence-corrected chi connectivity index (χ3v) is 10.3. The third-order valence-electron chi connectivity index (χ3n) is 6.87. The summed E-state index contributed by atoms with van der Waals surface area (Å²) < 4.78 is 20.3. The summed E-state index contributed by atoms with van der Waals surface area (Å²) in [6, 6.07) is 36.2. The molecule has 5 heteroatoms. The fourth-order valence-electron chi connectivity index (χ4n) is 4.21. The number of hydrogen-bond donors (Lipinski definition) is 1. The van der Waals surface area contributed by atoms with Crippen LogP contribution in [0.1, 0.15) is 43.9 Å². The van der Waals surface area contributed by atoms with Gasteiger partial charge in [0.25, 0.3) is 0 Å². The molecule has 0 bridgehead atoms. The Hall–Kier alpha value is -3.46. The minimum absolute atomic E-state index is 0.143. The van der Waals surface area contributed by atoms with Gasteiger partial charge >= 0.3 is 0 Å². The molecule has 0 saturated heterocycles. The predicted molar refractivity (Wildman–Crippen MR) is 164 cm³/mol. The Kier molecular flexibility index (Phi) is 7.65. The summed E-state index contributed by atoms with van der Waals surface area (Å²) in [6.07, 6.45) is 1.08. The second-order valence-corrected chi connectivity index (χ2v) is 13.3. The van der Waals surface area contributed by atoms with Gasteiger partial charge in [-0.25, -0.2) is 0 Å². The van der Waals surface area contributed by atoms with Crippen LogP contribution < -0.4 is 9.82 Å². The van der Waals surface area contributed by atoms with E-state index in [0.717, 1.165) is 44.5 Å². The second kappa shape index (κ2) is 11.1. The van der Waals surface area contributed by atoms with Crippen LogP contribution in [0.5, 0.6) is 11.5 Å². The maximum atomic E-state index is 14.2. The van der Waals surface area contributed by atoms with Crippen LogP contribution in [0.3, 0.4) is 0 Å². The summed E-state index contributed by atoms with van der Waals surface area (Å²) in [5.74, 6) is 5.28. The topological polar surface area (TPSA) is 38.3 Å². The van der Waals surface area contributed by atoms with Gasteiger partial charge in [0.2, 0.25) is 7.29 Å². The van der Waals surface area contributed by atoms with Gasteiger partial charge in [-0.05, 0) is 64.9 Å². The number of anilines is 1. The molecule has 0 radical (unpaired) electrons. The van der Waals surface area contributed by atoms with Gasteiger partial charge in [0.1, 0.15) is 11.5 Å². The standard InChI is InChI=1S/C33H32NO2PS/c1-4-33(2,3)27-15-19-29(20-16-27)36-30-21-17-28(18-22-30)34-37(35)23-31(25-11-7-5-8-12-25)38-32(24-37)26-13-9-6-10-14-26/h5-24H,4H2,1-3H3,(H,34,35). The van der Waals surface area contributed by atoms with Crippen molar-refractivity contribution in [3.8, 4) is 11.5 Å². The Morgan fingerprint density at radius 1 is 0.711 bits per heavy atom. The Bertz CT molecular complexity index is 1430. The number of rotatable bonds is 8. The van der Waals surface area contributed by atoms with Crippen molar-refractivity contribution in [2.24, 2.45) is 0 Å². The van der Waals surface area contributed by atoms with E-state index in [-0.39, 0.29) is 5.41 Å². The maximum absolute atomic E-state index is 14.2. The molecule has 1 N–H and O–H groups in total. The van der Waals surface area contributed by atoms with Crippen molar-refractivity contribution in [3.05, 3.63) is 138 Å². The van der Waals surface area contributed by atoms with Gasteiger partial charge in [-0.2, -0.15) is 0 Å². The van der Waals surface area contributed by atoms with Gasteiger partial charge in [0.05, 0.1) is 0 Å². The zero-order chi connectivity index (χ0) is 26.6. The fraction of sp³-hybridized carbons (Fsp3) is 0.152. The van der Waals surface area contributed by atoms with E-state index in [4.69, 9.17) is 4.74 Å².